The second-order valence-electron chi connectivity index (χ2n) is 6.29. The average Bonchev–Trinajstić information content (AvgIpc) is 3.08. The number of alkyl halides is 3. The summed E-state index contributed by atoms with van der Waals surface area (Å²) < 4.78 is 53.7. The number of halogens is 3. The first-order valence-electron chi connectivity index (χ1n) is 9.82. The molecule has 0 bridgehead atoms. The number of hydrogen-bond acceptors (Lipinski definition) is 6. The predicted octanol–water partition coefficient (Wildman–Crippen LogP) is 3.74. The summed E-state index contributed by atoms with van der Waals surface area (Å²) in [5.41, 5.74) is 0.982. The van der Waals surface area contributed by atoms with Crippen molar-refractivity contribution in [2.24, 2.45) is 0 Å². The van der Waals surface area contributed by atoms with E-state index in [2.05, 4.69) is 10.3 Å². The lowest BCUT2D eigenvalue weighted by molar-refractivity contribution is -0.0578. The van der Waals surface area contributed by atoms with Gasteiger partial charge in [0.2, 0.25) is 0 Å². The molecule has 0 aliphatic rings. The van der Waals surface area contributed by atoms with E-state index in [-0.39, 0.29) is 50.0 Å². The Morgan fingerprint density at radius 3 is 2.52 bits per heavy atom. The summed E-state index contributed by atoms with van der Waals surface area (Å²) in [6, 6.07) is 0. The van der Waals surface area contributed by atoms with Crippen LogP contribution in [0.2, 0.25) is 0 Å². The summed E-state index contributed by atoms with van der Waals surface area (Å²) in [7, 11) is 0. The van der Waals surface area contributed by atoms with Crippen LogP contribution in [0.15, 0.2) is 6.20 Å². The summed E-state index contributed by atoms with van der Waals surface area (Å²) in [6.45, 7) is 4.18. The summed E-state index contributed by atoms with van der Waals surface area (Å²) in [6.07, 6.45) is -3.68. The second-order valence-corrected chi connectivity index (χ2v) is 6.68. The Balaban J connectivity index is 3.08. The molecule has 1 heterocycles. The van der Waals surface area contributed by atoms with Crippen molar-refractivity contribution in [1.29, 1.82) is 0 Å². The molecule has 1 aromatic rings. The van der Waals surface area contributed by atoms with Crippen LogP contribution in [0.4, 0.5) is 23.7 Å². The van der Waals surface area contributed by atoms with E-state index in [0.717, 1.165) is 0 Å². The van der Waals surface area contributed by atoms with Crippen molar-refractivity contribution in [3.8, 4) is 0 Å². The lowest BCUT2D eigenvalue weighted by Gasteiger charge is -2.27. The van der Waals surface area contributed by atoms with Gasteiger partial charge >= 0.3 is 12.1 Å². The Bertz CT molecular complexity index is 733. The maximum Gasteiger partial charge on any atom is 0.413 e. The van der Waals surface area contributed by atoms with Crippen molar-refractivity contribution >= 4 is 35.1 Å². The molecular formula is C19H28F3N3O5S. The molecule has 0 aliphatic heterocycles. The van der Waals surface area contributed by atoms with Gasteiger partial charge in [-0.2, -0.15) is 0 Å². The van der Waals surface area contributed by atoms with Gasteiger partial charge in [0, 0.05) is 12.7 Å². The number of aryl methyl sites for hydroxylation is 1. The largest absolute Gasteiger partial charge is 0.461 e. The molecule has 1 atom stereocenters. The zero-order chi connectivity index (χ0) is 23.4. The first-order chi connectivity index (χ1) is 14.8. The molecule has 0 radical (unpaired) electrons. The van der Waals surface area contributed by atoms with Crippen molar-refractivity contribution in [2.75, 3.05) is 37.9 Å². The summed E-state index contributed by atoms with van der Waals surface area (Å²) >= 11 is 5.28. The van der Waals surface area contributed by atoms with Crippen LogP contribution in [0.25, 0.3) is 0 Å². The maximum absolute atomic E-state index is 13.1. The number of rotatable bonds is 12. The number of thiocarbonyl (C=S) groups is 1. The number of carbonyl (C=O) groups is 2. The summed E-state index contributed by atoms with van der Waals surface area (Å²) in [4.78, 5) is 28.3. The molecule has 2 N–H and O–H groups in total. The minimum Gasteiger partial charge on any atom is -0.461 e. The van der Waals surface area contributed by atoms with Gasteiger partial charge in [-0.1, -0.05) is 0 Å². The Morgan fingerprint density at radius 2 is 1.94 bits per heavy atom. The van der Waals surface area contributed by atoms with Crippen LogP contribution < -0.4 is 10.2 Å². The number of nitrogens with zero attached hydrogens (tertiary/aromatic N) is 1. The quantitative estimate of drug-likeness (QED) is 0.357. The highest BCUT2D eigenvalue weighted by molar-refractivity contribution is 7.80. The molecule has 1 unspecified atom stereocenters. The van der Waals surface area contributed by atoms with Crippen LogP contribution in [0, 0.1) is 6.92 Å². The lowest BCUT2D eigenvalue weighted by atomic mass is 10.2. The van der Waals surface area contributed by atoms with E-state index in [0.29, 0.717) is 11.3 Å². The standard InChI is InChI=1S/C19H28F3N3O5S/c1-4-28-17(26)14-15(12(3)11-23-14)25(18(31)24-19(27)29-5-2)9-10-30-13(16(21)22)7-6-8-20/h11,13,16,23H,4-10H2,1-3H3,(H,24,27,31). The Labute approximate surface area is 184 Å². The number of amides is 1. The van der Waals surface area contributed by atoms with Crippen LogP contribution in [-0.4, -0.2) is 67.7 Å². The summed E-state index contributed by atoms with van der Waals surface area (Å²) in [5.74, 6) is -0.649. The van der Waals surface area contributed by atoms with Gasteiger partial charge in [-0.25, -0.2) is 18.4 Å². The van der Waals surface area contributed by atoms with Crippen molar-refractivity contribution in [2.45, 2.75) is 46.1 Å². The van der Waals surface area contributed by atoms with Crippen LogP contribution in [-0.2, 0) is 14.2 Å². The number of esters is 1. The van der Waals surface area contributed by atoms with E-state index in [1.807, 2.05) is 0 Å². The molecule has 176 valence electrons. The highest BCUT2D eigenvalue weighted by Gasteiger charge is 2.27. The van der Waals surface area contributed by atoms with E-state index in [4.69, 9.17) is 26.4 Å². The van der Waals surface area contributed by atoms with Gasteiger partial charge in [0.1, 0.15) is 11.8 Å². The molecule has 0 spiro atoms. The van der Waals surface area contributed by atoms with Gasteiger partial charge in [0.05, 0.1) is 32.2 Å². The molecule has 12 heteroatoms. The number of anilines is 1. The number of nitrogens with one attached hydrogen (secondary N) is 2. The van der Waals surface area contributed by atoms with Crippen molar-refractivity contribution in [3.63, 3.8) is 0 Å². The number of carbonyl (C=O) groups excluding carboxylic acids is 2. The van der Waals surface area contributed by atoms with E-state index < -0.39 is 31.3 Å². The average molecular weight is 468 g/mol. The van der Waals surface area contributed by atoms with Gasteiger partial charge in [-0.15, -0.1) is 0 Å². The third kappa shape index (κ3) is 8.37. The summed E-state index contributed by atoms with van der Waals surface area (Å²) in [5, 5.41) is 2.25. The van der Waals surface area contributed by atoms with E-state index in [9.17, 15) is 22.8 Å². The van der Waals surface area contributed by atoms with Gasteiger partial charge in [0.25, 0.3) is 6.43 Å². The highest BCUT2D eigenvalue weighted by Crippen LogP contribution is 2.26. The van der Waals surface area contributed by atoms with Crippen molar-refractivity contribution in [3.05, 3.63) is 17.5 Å². The fourth-order valence-electron chi connectivity index (χ4n) is 2.71. The SMILES string of the molecule is CCOC(=O)NC(=S)N(CCOC(CCCF)C(F)F)c1c(C)c[nH]c1C(=O)OCC. The van der Waals surface area contributed by atoms with Gasteiger partial charge in [-0.3, -0.25) is 9.71 Å². The van der Waals surface area contributed by atoms with Gasteiger partial charge in [0.15, 0.2) is 5.11 Å². The number of ether oxygens (including phenoxy) is 3. The molecule has 1 rings (SSSR count). The molecule has 0 aromatic carbocycles. The fourth-order valence-corrected chi connectivity index (χ4v) is 2.98. The zero-order valence-corrected chi connectivity index (χ0v) is 18.5. The minimum atomic E-state index is -2.78. The Kier molecular flexibility index (Phi) is 11.9. The lowest BCUT2D eigenvalue weighted by Crippen LogP contribution is -2.45. The number of hydrogen-bond donors (Lipinski definition) is 2. The third-order valence-corrected chi connectivity index (χ3v) is 4.39. The fraction of sp³-hybridized carbons (Fsp3) is 0.632. The number of H-pyrrole nitrogens is 1. The van der Waals surface area contributed by atoms with Gasteiger partial charge < -0.3 is 24.1 Å². The molecule has 0 saturated carbocycles. The molecule has 0 fully saturated rings. The Morgan fingerprint density at radius 1 is 1.26 bits per heavy atom. The molecule has 1 aromatic heterocycles. The topological polar surface area (TPSA) is 92.9 Å². The number of aromatic nitrogens is 1. The van der Waals surface area contributed by atoms with Crippen LogP contribution in [0.5, 0.6) is 0 Å². The number of aromatic amines is 1. The monoisotopic (exact) mass is 467 g/mol. The van der Waals surface area contributed by atoms with Crippen LogP contribution >= 0.6 is 12.2 Å². The van der Waals surface area contributed by atoms with E-state index in [1.165, 1.54) is 4.90 Å². The predicted molar refractivity (Wildman–Crippen MR) is 113 cm³/mol. The molecular weight excluding hydrogens is 439 g/mol. The zero-order valence-electron chi connectivity index (χ0n) is 17.7. The van der Waals surface area contributed by atoms with E-state index >= 15 is 0 Å². The minimum absolute atomic E-state index is 0.0501. The van der Waals surface area contributed by atoms with Crippen molar-refractivity contribution in [1.82, 2.24) is 10.3 Å². The Hall–Kier alpha value is -2.34. The van der Waals surface area contributed by atoms with Gasteiger partial charge in [-0.05, 0) is 51.4 Å². The van der Waals surface area contributed by atoms with Crippen molar-refractivity contribution < 1.29 is 37.0 Å². The molecule has 0 saturated heterocycles. The van der Waals surface area contributed by atoms with Crippen LogP contribution in [0.3, 0.4) is 0 Å². The number of alkyl carbamates (subject to hydrolysis) is 1. The van der Waals surface area contributed by atoms with E-state index in [1.54, 1.807) is 27.0 Å². The van der Waals surface area contributed by atoms with Crippen LogP contribution in [0.1, 0.15) is 42.7 Å². The molecule has 1 amide bonds. The smallest absolute Gasteiger partial charge is 0.413 e. The molecule has 8 nitrogen and oxygen atoms in total. The third-order valence-electron chi connectivity index (χ3n) is 4.07. The first kappa shape index (κ1) is 26.7. The maximum atomic E-state index is 13.1. The highest BCUT2D eigenvalue weighted by atomic mass is 32.1. The first-order valence-corrected chi connectivity index (χ1v) is 10.2. The molecule has 0 aliphatic carbocycles. The normalized spacial score (nSPS) is 11.8. The second kappa shape index (κ2) is 13.9. The molecule has 31 heavy (non-hydrogen) atoms.